The summed E-state index contributed by atoms with van der Waals surface area (Å²) in [5.41, 5.74) is 0.644. The van der Waals surface area contributed by atoms with Gasteiger partial charge in [-0.25, -0.2) is 4.39 Å². The number of carbonyl (C=O) groups is 1. The molecular formula is C13H12FN5OS. The van der Waals surface area contributed by atoms with Crippen LogP contribution in [0.1, 0.15) is 34.0 Å². The number of amides is 1. The predicted molar refractivity (Wildman–Crippen MR) is 76.6 cm³/mol. The van der Waals surface area contributed by atoms with Crippen LogP contribution < -0.4 is 5.32 Å². The van der Waals surface area contributed by atoms with Crippen molar-refractivity contribution in [2.24, 2.45) is 0 Å². The number of nitrogens with one attached hydrogen (secondary N) is 2. The molecular weight excluding hydrogens is 293 g/mol. The van der Waals surface area contributed by atoms with Gasteiger partial charge in [-0.2, -0.15) is 5.21 Å². The summed E-state index contributed by atoms with van der Waals surface area (Å²) in [4.78, 5) is 12.8. The first kappa shape index (κ1) is 13.6. The number of thiophene rings is 1. The highest BCUT2D eigenvalue weighted by Gasteiger charge is 2.20. The molecule has 6 nitrogen and oxygen atoms in total. The highest BCUT2D eigenvalue weighted by atomic mass is 32.1. The molecule has 2 aromatic heterocycles. The Bertz CT molecular complexity index is 798. The van der Waals surface area contributed by atoms with Crippen LogP contribution in [0.25, 0.3) is 10.1 Å². The van der Waals surface area contributed by atoms with Gasteiger partial charge in [-0.3, -0.25) is 4.79 Å². The van der Waals surface area contributed by atoms with Gasteiger partial charge in [-0.1, -0.05) is 11.3 Å². The molecule has 0 aliphatic carbocycles. The van der Waals surface area contributed by atoms with Gasteiger partial charge in [0.2, 0.25) is 0 Å². The topological polar surface area (TPSA) is 83.6 Å². The number of aryl methyl sites for hydroxylation is 1. The number of carbonyl (C=O) groups excluding carboxylic acids is 1. The number of fused-ring (bicyclic) bond motifs is 1. The van der Waals surface area contributed by atoms with Crippen LogP contribution >= 0.6 is 11.3 Å². The van der Waals surface area contributed by atoms with E-state index in [1.165, 1.54) is 17.4 Å². The second kappa shape index (κ2) is 5.21. The summed E-state index contributed by atoms with van der Waals surface area (Å²) in [6.07, 6.45) is 0. The van der Waals surface area contributed by atoms with Crippen LogP contribution in [-0.4, -0.2) is 26.5 Å². The lowest BCUT2D eigenvalue weighted by Crippen LogP contribution is -2.27. The minimum Gasteiger partial charge on any atom is -0.341 e. The molecule has 3 rings (SSSR count). The minimum absolute atomic E-state index is 0.273. The van der Waals surface area contributed by atoms with Crippen LogP contribution in [0, 0.1) is 12.7 Å². The van der Waals surface area contributed by atoms with Crippen molar-refractivity contribution in [1.82, 2.24) is 25.9 Å². The first-order valence-corrected chi connectivity index (χ1v) is 7.11. The normalized spacial score (nSPS) is 12.5. The Hall–Kier alpha value is -2.35. The average Bonchev–Trinajstić information content (AvgIpc) is 3.07. The highest BCUT2D eigenvalue weighted by molar-refractivity contribution is 7.21. The predicted octanol–water partition coefficient (Wildman–Crippen LogP) is 2.35. The van der Waals surface area contributed by atoms with E-state index < -0.39 is 0 Å². The molecule has 0 saturated carbocycles. The van der Waals surface area contributed by atoms with Gasteiger partial charge < -0.3 is 5.32 Å². The lowest BCUT2D eigenvalue weighted by Gasteiger charge is -2.09. The fourth-order valence-corrected chi connectivity index (χ4v) is 3.28. The maximum atomic E-state index is 13.9. The minimum atomic E-state index is -0.384. The zero-order chi connectivity index (χ0) is 15.0. The molecule has 3 aromatic rings. The van der Waals surface area contributed by atoms with Crippen LogP contribution in [0.2, 0.25) is 0 Å². The monoisotopic (exact) mass is 305 g/mol. The van der Waals surface area contributed by atoms with E-state index in [1.54, 1.807) is 26.0 Å². The molecule has 108 valence electrons. The zero-order valence-corrected chi connectivity index (χ0v) is 12.2. The third kappa shape index (κ3) is 2.38. The second-order valence-electron chi connectivity index (χ2n) is 4.63. The number of hydrogen-bond acceptors (Lipinski definition) is 5. The van der Waals surface area contributed by atoms with Gasteiger partial charge in [0.25, 0.3) is 5.91 Å². The van der Waals surface area contributed by atoms with Gasteiger partial charge in [0.1, 0.15) is 5.82 Å². The Labute approximate surface area is 123 Å². The first-order chi connectivity index (χ1) is 10.1. The third-order valence-corrected chi connectivity index (χ3v) is 4.46. The molecule has 0 aliphatic rings. The summed E-state index contributed by atoms with van der Waals surface area (Å²) in [7, 11) is 0. The summed E-state index contributed by atoms with van der Waals surface area (Å²) in [5.74, 6) is -0.190. The van der Waals surface area contributed by atoms with Gasteiger partial charge in [0, 0.05) is 10.1 Å². The van der Waals surface area contributed by atoms with Gasteiger partial charge in [0.15, 0.2) is 5.82 Å². The van der Waals surface area contributed by atoms with Crippen molar-refractivity contribution in [2.45, 2.75) is 19.9 Å². The fraction of sp³-hybridized carbons (Fsp3) is 0.231. The van der Waals surface area contributed by atoms with Crippen molar-refractivity contribution in [3.8, 4) is 0 Å². The van der Waals surface area contributed by atoms with Crippen molar-refractivity contribution in [2.75, 3.05) is 0 Å². The lowest BCUT2D eigenvalue weighted by molar-refractivity contribution is 0.0942. The summed E-state index contributed by atoms with van der Waals surface area (Å²) < 4.78 is 14.6. The summed E-state index contributed by atoms with van der Waals surface area (Å²) in [6, 6.07) is 4.45. The Morgan fingerprint density at radius 1 is 1.48 bits per heavy atom. The van der Waals surface area contributed by atoms with Crippen LogP contribution in [0.15, 0.2) is 18.2 Å². The average molecular weight is 305 g/mol. The van der Waals surface area contributed by atoms with Crippen molar-refractivity contribution in [3.05, 3.63) is 40.3 Å². The van der Waals surface area contributed by atoms with E-state index in [-0.39, 0.29) is 17.8 Å². The first-order valence-electron chi connectivity index (χ1n) is 6.29. The van der Waals surface area contributed by atoms with E-state index in [4.69, 9.17) is 0 Å². The number of H-pyrrole nitrogens is 1. The highest BCUT2D eigenvalue weighted by Crippen LogP contribution is 2.32. The van der Waals surface area contributed by atoms with E-state index in [2.05, 4.69) is 25.9 Å². The summed E-state index contributed by atoms with van der Waals surface area (Å²) in [5, 5.41) is 16.7. The molecule has 2 heterocycles. The van der Waals surface area contributed by atoms with Crippen molar-refractivity contribution in [1.29, 1.82) is 0 Å². The molecule has 0 aliphatic heterocycles. The number of nitrogens with zero attached hydrogens (tertiary/aromatic N) is 3. The molecule has 1 aromatic carbocycles. The SMILES string of the molecule is Cc1c(C(=O)NC(C)c2nn[nH]n2)sc2cccc(F)c12. The molecule has 0 spiro atoms. The zero-order valence-electron chi connectivity index (χ0n) is 11.3. The Morgan fingerprint density at radius 3 is 2.95 bits per heavy atom. The van der Waals surface area contributed by atoms with Crippen LogP contribution in [-0.2, 0) is 0 Å². The molecule has 1 atom stereocenters. The molecule has 1 amide bonds. The maximum Gasteiger partial charge on any atom is 0.262 e. The van der Waals surface area contributed by atoms with E-state index >= 15 is 0 Å². The maximum absolute atomic E-state index is 13.9. The Balaban J connectivity index is 1.92. The number of tetrazole rings is 1. The lowest BCUT2D eigenvalue weighted by atomic mass is 10.1. The third-order valence-electron chi connectivity index (χ3n) is 3.21. The van der Waals surface area contributed by atoms with E-state index in [0.717, 1.165) is 4.70 Å². The molecule has 0 fully saturated rings. The number of aromatic nitrogens is 4. The van der Waals surface area contributed by atoms with Crippen LogP contribution in [0.5, 0.6) is 0 Å². The molecule has 0 saturated heterocycles. The molecule has 0 bridgehead atoms. The van der Waals surface area contributed by atoms with E-state index in [0.29, 0.717) is 21.7 Å². The van der Waals surface area contributed by atoms with Gasteiger partial charge in [0.05, 0.1) is 10.9 Å². The number of hydrogen-bond donors (Lipinski definition) is 2. The quantitative estimate of drug-likeness (QED) is 0.778. The number of benzene rings is 1. The Kier molecular flexibility index (Phi) is 3.38. The van der Waals surface area contributed by atoms with Crippen LogP contribution in [0.3, 0.4) is 0 Å². The molecule has 8 heteroatoms. The largest absolute Gasteiger partial charge is 0.341 e. The van der Waals surface area contributed by atoms with Crippen LogP contribution in [0.4, 0.5) is 4.39 Å². The van der Waals surface area contributed by atoms with Crippen molar-refractivity contribution >= 4 is 27.3 Å². The smallest absolute Gasteiger partial charge is 0.262 e. The van der Waals surface area contributed by atoms with E-state index in [1.807, 2.05) is 0 Å². The van der Waals surface area contributed by atoms with Crippen molar-refractivity contribution < 1.29 is 9.18 Å². The van der Waals surface area contributed by atoms with Gasteiger partial charge in [-0.05, 0) is 31.5 Å². The van der Waals surface area contributed by atoms with Crippen molar-refractivity contribution in [3.63, 3.8) is 0 Å². The Morgan fingerprint density at radius 2 is 2.29 bits per heavy atom. The molecule has 21 heavy (non-hydrogen) atoms. The number of halogens is 1. The second-order valence-corrected chi connectivity index (χ2v) is 5.69. The number of aromatic amines is 1. The number of rotatable bonds is 3. The summed E-state index contributed by atoms with van der Waals surface area (Å²) >= 11 is 1.27. The molecule has 2 N–H and O–H groups in total. The van der Waals surface area contributed by atoms with E-state index in [9.17, 15) is 9.18 Å². The van der Waals surface area contributed by atoms with Gasteiger partial charge in [-0.15, -0.1) is 21.5 Å². The molecule has 0 radical (unpaired) electrons. The standard InChI is InChI=1S/C13H12FN5OS/c1-6-10-8(14)4-3-5-9(10)21-11(6)13(20)15-7(2)12-16-18-19-17-12/h3-5,7H,1-2H3,(H,15,20)(H,16,17,18,19). The fourth-order valence-electron chi connectivity index (χ4n) is 2.15. The van der Waals surface area contributed by atoms with Gasteiger partial charge >= 0.3 is 0 Å². The summed E-state index contributed by atoms with van der Waals surface area (Å²) in [6.45, 7) is 3.50. The molecule has 1 unspecified atom stereocenters.